The molecular weight excluding hydrogens is 234 g/mol. The Balaban J connectivity index is 3.65. The molecule has 0 saturated heterocycles. The van der Waals surface area contributed by atoms with E-state index in [4.69, 9.17) is 12.2 Å². The molecular formula is C8H19N3O2S2. The molecule has 0 aromatic rings. The zero-order chi connectivity index (χ0) is 11.9. The van der Waals surface area contributed by atoms with Crippen LogP contribution in [0.4, 0.5) is 0 Å². The van der Waals surface area contributed by atoms with Gasteiger partial charge in [0, 0.05) is 13.1 Å². The lowest BCUT2D eigenvalue weighted by molar-refractivity contribution is 0.586. The van der Waals surface area contributed by atoms with Crippen molar-refractivity contribution in [1.29, 1.82) is 0 Å². The van der Waals surface area contributed by atoms with Crippen LogP contribution in [0.3, 0.4) is 0 Å². The SMILES string of the molecule is CNS(=O)(=O)CCNC(=S)NCC(C)C. The Bertz CT molecular complexity index is 288. The van der Waals surface area contributed by atoms with Crippen LogP contribution in [0.15, 0.2) is 0 Å². The maximum absolute atomic E-state index is 11.0. The van der Waals surface area contributed by atoms with Crippen molar-refractivity contribution in [2.24, 2.45) is 5.92 Å². The predicted molar refractivity (Wildman–Crippen MR) is 66.3 cm³/mol. The molecule has 5 nitrogen and oxygen atoms in total. The zero-order valence-corrected chi connectivity index (χ0v) is 11.0. The van der Waals surface area contributed by atoms with Crippen LogP contribution in [0.25, 0.3) is 0 Å². The molecule has 0 saturated carbocycles. The Labute approximate surface area is 97.1 Å². The summed E-state index contributed by atoms with van der Waals surface area (Å²) in [5.41, 5.74) is 0. The first-order valence-electron chi connectivity index (χ1n) is 4.80. The summed E-state index contributed by atoms with van der Waals surface area (Å²) in [6.07, 6.45) is 0. The van der Waals surface area contributed by atoms with E-state index in [1.54, 1.807) is 0 Å². The summed E-state index contributed by atoms with van der Waals surface area (Å²) in [6.45, 7) is 5.24. The molecule has 0 aliphatic carbocycles. The summed E-state index contributed by atoms with van der Waals surface area (Å²) >= 11 is 4.96. The Morgan fingerprint density at radius 2 is 1.93 bits per heavy atom. The molecule has 3 N–H and O–H groups in total. The Hall–Kier alpha value is -0.400. The standard InChI is InChI=1S/C8H19N3O2S2/c1-7(2)6-11-8(14)10-4-5-15(12,13)9-3/h7,9H,4-6H2,1-3H3,(H2,10,11,14). The maximum atomic E-state index is 11.0. The quantitative estimate of drug-likeness (QED) is 0.565. The highest BCUT2D eigenvalue weighted by molar-refractivity contribution is 7.89. The Morgan fingerprint density at radius 1 is 1.33 bits per heavy atom. The highest BCUT2D eigenvalue weighted by atomic mass is 32.2. The molecule has 0 aliphatic rings. The van der Waals surface area contributed by atoms with E-state index in [0.29, 0.717) is 17.6 Å². The normalized spacial score (nSPS) is 11.5. The van der Waals surface area contributed by atoms with Crippen LogP contribution in [0, 0.1) is 5.92 Å². The average Bonchev–Trinajstić information content (AvgIpc) is 2.14. The van der Waals surface area contributed by atoms with E-state index in [9.17, 15) is 8.42 Å². The topological polar surface area (TPSA) is 70.2 Å². The smallest absolute Gasteiger partial charge is 0.213 e. The van der Waals surface area contributed by atoms with Crippen molar-refractivity contribution in [2.75, 3.05) is 25.9 Å². The summed E-state index contributed by atoms with van der Waals surface area (Å²) in [5.74, 6) is 0.526. The number of nitrogens with one attached hydrogen (secondary N) is 3. The Kier molecular flexibility index (Phi) is 6.78. The predicted octanol–water partition coefficient (Wildman–Crippen LogP) is -0.344. The molecule has 0 radical (unpaired) electrons. The molecule has 0 atom stereocenters. The molecule has 0 aromatic carbocycles. The van der Waals surface area contributed by atoms with Gasteiger partial charge in [0.15, 0.2) is 5.11 Å². The average molecular weight is 253 g/mol. The molecule has 0 amide bonds. The number of thiocarbonyl (C=S) groups is 1. The molecule has 0 aromatic heterocycles. The molecule has 0 spiro atoms. The largest absolute Gasteiger partial charge is 0.362 e. The highest BCUT2D eigenvalue weighted by Gasteiger charge is 2.06. The minimum Gasteiger partial charge on any atom is -0.362 e. The van der Waals surface area contributed by atoms with E-state index in [1.807, 2.05) is 0 Å². The lowest BCUT2D eigenvalue weighted by Crippen LogP contribution is -2.40. The summed E-state index contributed by atoms with van der Waals surface area (Å²) in [5, 5.41) is 6.32. The van der Waals surface area contributed by atoms with Crippen molar-refractivity contribution >= 4 is 27.4 Å². The van der Waals surface area contributed by atoms with Crippen LogP contribution in [-0.2, 0) is 10.0 Å². The molecule has 0 rings (SSSR count). The van der Waals surface area contributed by atoms with E-state index in [2.05, 4.69) is 29.2 Å². The number of hydrogen-bond donors (Lipinski definition) is 3. The third-order valence-corrected chi connectivity index (χ3v) is 3.29. The lowest BCUT2D eigenvalue weighted by Gasteiger charge is -2.11. The van der Waals surface area contributed by atoms with Gasteiger partial charge in [-0.15, -0.1) is 0 Å². The fourth-order valence-electron chi connectivity index (χ4n) is 0.760. The van der Waals surface area contributed by atoms with Gasteiger partial charge in [-0.1, -0.05) is 13.8 Å². The third-order valence-electron chi connectivity index (χ3n) is 1.64. The maximum Gasteiger partial charge on any atom is 0.213 e. The molecule has 0 aliphatic heterocycles. The van der Waals surface area contributed by atoms with Gasteiger partial charge in [0.05, 0.1) is 5.75 Å². The second kappa shape index (κ2) is 6.97. The first-order valence-corrected chi connectivity index (χ1v) is 6.86. The summed E-state index contributed by atoms with van der Waals surface area (Å²) < 4.78 is 24.3. The summed E-state index contributed by atoms with van der Waals surface area (Å²) in [6, 6.07) is 0. The van der Waals surface area contributed by atoms with E-state index < -0.39 is 10.0 Å². The van der Waals surface area contributed by atoms with E-state index in [-0.39, 0.29) is 5.75 Å². The molecule has 7 heteroatoms. The van der Waals surface area contributed by atoms with Gasteiger partial charge < -0.3 is 10.6 Å². The molecule has 0 unspecified atom stereocenters. The molecule has 15 heavy (non-hydrogen) atoms. The van der Waals surface area contributed by atoms with E-state index in [1.165, 1.54) is 7.05 Å². The minimum atomic E-state index is -3.15. The van der Waals surface area contributed by atoms with Crippen molar-refractivity contribution in [3.8, 4) is 0 Å². The highest BCUT2D eigenvalue weighted by Crippen LogP contribution is 1.86. The van der Waals surface area contributed by atoms with E-state index >= 15 is 0 Å². The van der Waals surface area contributed by atoms with Gasteiger partial charge in [0.1, 0.15) is 0 Å². The summed E-state index contributed by atoms with van der Waals surface area (Å²) in [7, 11) is -1.75. The fourth-order valence-corrected chi connectivity index (χ4v) is 1.52. The van der Waals surface area contributed by atoms with Gasteiger partial charge >= 0.3 is 0 Å². The number of rotatable bonds is 6. The van der Waals surface area contributed by atoms with Crippen molar-refractivity contribution in [1.82, 2.24) is 15.4 Å². The van der Waals surface area contributed by atoms with Crippen molar-refractivity contribution < 1.29 is 8.42 Å². The van der Waals surface area contributed by atoms with Crippen LogP contribution < -0.4 is 15.4 Å². The molecule has 90 valence electrons. The van der Waals surface area contributed by atoms with Gasteiger partial charge in [-0.2, -0.15) is 0 Å². The van der Waals surface area contributed by atoms with Crippen molar-refractivity contribution in [3.63, 3.8) is 0 Å². The van der Waals surface area contributed by atoms with Gasteiger partial charge in [0.2, 0.25) is 10.0 Å². The van der Waals surface area contributed by atoms with Gasteiger partial charge in [-0.05, 0) is 25.2 Å². The zero-order valence-electron chi connectivity index (χ0n) is 9.33. The van der Waals surface area contributed by atoms with Gasteiger partial charge in [0.25, 0.3) is 0 Å². The Morgan fingerprint density at radius 3 is 2.40 bits per heavy atom. The summed E-state index contributed by atoms with van der Waals surface area (Å²) in [4.78, 5) is 0. The minimum absolute atomic E-state index is 0.0208. The van der Waals surface area contributed by atoms with Crippen LogP contribution >= 0.6 is 12.2 Å². The lowest BCUT2D eigenvalue weighted by atomic mass is 10.2. The number of hydrogen-bond acceptors (Lipinski definition) is 3. The molecule has 0 bridgehead atoms. The molecule has 0 heterocycles. The first-order chi connectivity index (χ1) is 6.87. The second-order valence-electron chi connectivity index (χ2n) is 3.55. The first kappa shape index (κ1) is 14.6. The third kappa shape index (κ3) is 8.59. The monoisotopic (exact) mass is 253 g/mol. The number of sulfonamides is 1. The van der Waals surface area contributed by atoms with Crippen LogP contribution in [0.2, 0.25) is 0 Å². The van der Waals surface area contributed by atoms with Gasteiger partial charge in [-0.3, -0.25) is 0 Å². The van der Waals surface area contributed by atoms with Crippen molar-refractivity contribution in [3.05, 3.63) is 0 Å². The van der Waals surface area contributed by atoms with Crippen LogP contribution in [-0.4, -0.2) is 39.4 Å². The van der Waals surface area contributed by atoms with Crippen LogP contribution in [0.5, 0.6) is 0 Å². The fraction of sp³-hybridized carbons (Fsp3) is 0.875. The molecule has 0 fully saturated rings. The van der Waals surface area contributed by atoms with Gasteiger partial charge in [-0.25, -0.2) is 13.1 Å². The van der Waals surface area contributed by atoms with E-state index in [0.717, 1.165) is 6.54 Å². The van der Waals surface area contributed by atoms with Crippen molar-refractivity contribution in [2.45, 2.75) is 13.8 Å². The second-order valence-corrected chi connectivity index (χ2v) is 6.01. The van der Waals surface area contributed by atoms with Crippen LogP contribution in [0.1, 0.15) is 13.8 Å².